The molecule has 0 radical (unpaired) electrons. The zero-order valence-electron chi connectivity index (χ0n) is 16.2. The van der Waals surface area contributed by atoms with Crippen LogP contribution in [0.4, 0.5) is 0 Å². The van der Waals surface area contributed by atoms with Gasteiger partial charge in [0, 0.05) is 0 Å². The number of Topliss-reactive ketones (excluding diaryl/α,β-unsaturated/α-hetero) is 1. The van der Waals surface area contributed by atoms with E-state index in [2.05, 4.69) is 41.9 Å². The van der Waals surface area contributed by atoms with Crippen LogP contribution in [-0.4, -0.2) is 24.3 Å². The number of rotatable bonds is 11. The first kappa shape index (κ1) is 23.8. The zero-order valence-corrected chi connectivity index (χ0v) is 17.0. The molecule has 2 aromatic carbocycles. The van der Waals surface area contributed by atoms with E-state index in [4.69, 9.17) is 10.6 Å². The highest BCUT2D eigenvalue weighted by molar-refractivity contribution is 5.85. The minimum atomic E-state index is -0.595. The summed E-state index contributed by atoms with van der Waals surface area (Å²) in [5, 5.41) is 0. The molecule has 2 aromatic rings. The van der Waals surface area contributed by atoms with Crippen LogP contribution in [-0.2, 0) is 33.7 Å². The molecule has 0 bridgehead atoms. The van der Waals surface area contributed by atoms with Gasteiger partial charge in [0.05, 0.1) is 12.5 Å². The first-order valence-electron chi connectivity index (χ1n) is 9.35. The summed E-state index contributed by atoms with van der Waals surface area (Å²) in [6.07, 6.45) is 4.63. The molecule has 5 nitrogen and oxygen atoms in total. The fourth-order valence-corrected chi connectivity index (χ4v) is 2.67. The van der Waals surface area contributed by atoms with Gasteiger partial charge in [0.2, 0.25) is 5.91 Å². The lowest BCUT2D eigenvalue weighted by molar-refractivity contribution is -0.138. The maximum absolute atomic E-state index is 11.8. The largest absolute Gasteiger partial charge is 0.322 e. The molecule has 1 unspecified atom stereocenters. The van der Waals surface area contributed by atoms with E-state index in [0.29, 0.717) is 0 Å². The maximum Gasteiger partial charge on any atom is 0.247 e. The van der Waals surface area contributed by atoms with Gasteiger partial charge >= 0.3 is 0 Å². The number of ketones is 1. The van der Waals surface area contributed by atoms with E-state index in [1.54, 1.807) is 6.92 Å². The second-order valence-electron chi connectivity index (χ2n) is 6.75. The molecular formula is C22H29ClN2O3. The number of hydrogen-bond acceptors (Lipinski definition) is 4. The fourth-order valence-electron chi connectivity index (χ4n) is 2.67. The lowest BCUT2D eigenvalue weighted by Crippen LogP contribution is -2.34. The predicted octanol–water partition coefficient (Wildman–Crippen LogP) is 3.18. The minimum Gasteiger partial charge on any atom is -0.322 e. The number of unbranched alkanes of at least 4 members (excludes halogenated alkanes) is 1. The summed E-state index contributed by atoms with van der Waals surface area (Å²) in [5.41, 5.74) is 11.2. The van der Waals surface area contributed by atoms with E-state index in [9.17, 15) is 9.59 Å². The number of amides is 1. The minimum absolute atomic E-state index is 0. The van der Waals surface area contributed by atoms with Gasteiger partial charge in [-0.25, -0.2) is 5.48 Å². The van der Waals surface area contributed by atoms with Crippen molar-refractivity contribution in [3.8, 4) is 0 Å². The molecule has 0 spiro atoms. The van der Waals surface area contributed by atoms with Crippen LogP contribution in [0.2, 0.25) is 0 Å². The maximum atomic E-state index is 11.8. The third-order valence-electron chi connectivity index (χ3n) is 4.32. The molecule has 1 atom stereocenters. The highest BCUT2D eigenvalue weighted by Crippen LogP contribution is 2.11. The third-order valence-corrected chi connectivity index (χ3v) is 4.32. The number of halogens is 1. The summed E-state index contributed by atoms with van der Waals surface area (Å²) in [6.45, 7) is 1.36. The van der Waals surface area contributed by atoms with Gasteiger partial charge in [-0.2, -0.15) is 0 Å². The fraction of sp³-hybridized carbons (Fsp3) is 0.364. The zero-order chi connectivity index (χ0) is 19.5. The first-order chi connectivity index (χ1) is 13.0. The van der Waals surface area contributed by atoms with Gasteiger partial charge in [0.1, 0.15) is 6.61 Å². The molecule has 152 valence electrons. The van der Waals surface area contributed by atoms with E-state index < -0.39 is 6.04 Å². The number of aryl methyl sites for hydroxylation is 2. The van der Waals surface area contributed by atoms with E-state index >= 15 is 0 Å². The Morgan fingerprint density at radius 2 is 1.46 bits per heavy atom. The van der Waals surface area contributed by atoms with Crippen molar-refractivity contribution in [2.24, 2.45) is 5.73 Å². The molecule has 0 fully saturated rings. The van der Waals surface area contributed by atoms with Crippen LogP contribution in [0.1, 0.15) is 36.5 Å². The lowest BCUT2D eigenvalue weighted by atomic mass is 10.0. The molecule has 1 amide bonds. The summed E-state index contributed by atoms with van der Waals surface area (Å²) >= 11 is 0. The molecule has 3 N–H and O–H groups in total. The van der Waals surface area contributed by atoms with E-state index in [1.165, 1.54) is 11.1 Å². The van der Waals surface area contributed by atoms with Crippen molar-refractivity contribution in [2.45, 2.75) is 45.1 Å². The van der Waals surface area contributed by atoms with Crippen LogP contribution < -0.4 is 11.2 Å². The summed E-state index contributed by atoms with van der Waals surface area (Å²) in [5.74, 6) is -0.546. The Kier molecular flexibility index (Phi) is 11.1. The molecule has 2 rings (SSSR count). The number of hydroxylamine groups is 1. The predicted molar refractivity (Wildman–Crippen MR) is 113 cm³/mol. The number of hydrogen-bond donors (Lipinski definition) is 2. The van der Waals surface area contributed by atoms with Crippen molar-refractivity contribution < 1.29 is 14.4 Å². The molecule has 6 heteroatoms. The smallest absolute Gasteiger partial charge is 0.247 e. The standard InChI is InChI=1S/C22H28N2O3.ClH/c1-17(23)21(25)16-27-24-22(26)15-20-13-11-19(12-14-20)10-6-5-9-18-7-3-2-4-8-18;/h2-4,7-8,11-14,17H,5-6,9-10,15-16,23H2,1H3,(H,24,26);1H. The Morgan fingerprint density at radius 1 is 0.929 bits per heavy atom. The average molecular weight is 405 g/mol. The van der Waals surface area contributed by atoms with Crippen LogP contribution in [0.3, 0.4) is 0 Å². The number of carbonyl (C=O) groups is 2. The van der Waals surface area contributed by atoms with Crippen molar-refractivity contribution >= 4 is 24.1 Å². The van der Waals surface area contributed by atoms with Gasteiger partial charge in [0.15, 0.2) is 5.78 Å². The van der Waals surface area contributed by atoms with Crippen LogP contribution in [0.15, 0.2) is 54.6 Å². The number of carbonyl (C=O) groups excluding carboxylic acids is 2. The van der Waals surface area contributed by atoms with Gasteiger partial charge in [-0.1, -0.05) is 54.6 Å². The molecule has 0 aliphatic heterocycles. The van der Waals surface area contributed by atoms with Crippen molar-refractivity contribution in [2.75, 3.05) is 6.61 Å². The topological polar surface area (TPSA) is 81.4 Å². The highest BCUT2D eigenvalue weighted by atomic mass is 35.5. The molecule has 0 aromatic heterocycles. The summed E-state index contributed by atoms with van der Waals surface area (Å²) in [6, 6.07) is 18.0. The Hall–Kier alpha value is -2.21. The van der Waals surface area contributed by atoms with E-state index in [-0.39, 0.29) is 37.1 Å². The van der Waals surface area contributed by atoms with Crippen LogP contribution >= 0.6 is 12.4 Å². The average Bonchev–Trinajstić information content (AvgIpc) is 2.67. The third kappa shape index (κ3) is 9.13. The number of nitrogens with two attached hydrogens (primary N) is 1. The van der Waals surface area contributed by atoms with Gasteiger partial charge in [-0.3, -0.25) is 14.4 Å². The molecular weight excluding hydrogens is 376 g/mol. The van der Waals surface area contributed by atoms with Crippen LogP contribution in [0.5, 0.6) is 0 Å². The van der Waals surface area contributed by atoms with Crippen LogP contribution in [0, 0.1) is 0 Å². The van der Waals surface area contributed by atoms with Crippen LogP contribution in [0.25, 0.3) is 0 Å². The Morgan fingerprint density at radius 3 is 2.04 bits per heavy atom. The highest BCUT2D eigenvalue weighted by Gasteiger charge is 2.09. The number of nitrogens with one attached hydrogen (secondary N) is 1. The molecule has 28 heavy (non-hydrogen) atoms. The van der Waals surface area contributed by atoms with Crippen molar-refractivity contribution in [1.29, 1.82) is 0 Å². The van der Waals surface area contributed by atoms with Gasteiger partial charge in [-0.05, 0) is 49.3 Å². The van der Waals surface area contributed by atoms with Gasteiger partial charge < -0.3 is 5.73 Å². The molecule has 0 heterocycles. The lowest BCUT2D eigenvalue weighted by Gasteiger charge is -2.08. The summed E-state index contributed by atoms with van der Waals surface area (Å²) < 4.78 is 0. The second-order valence-corrected chi connectivity index (χ2v) is 6.75. The normalized spacial score (nSPS) is 11.4. The van der Waals surface area contributed by atoms with E-state index in [0.717, 1.165) is 31.2 Å². The Bertz CT molecular complexity index is 718. The van der Waals surface area contributed by atoms with Crippen molar-refractivity contribution in [3.05, 3.63) is 71.3 Å². The van der Waals surface area contributed by atoms with Gasteiger partial charge in [-0.15, -0.1) is 12.4 Å². The quantitative estimate of drug-likeness (QED) is 0.445. The summed E-state index contributed by atoms with van der Waals surface area (Å²) in [4.78, 5) is 28.0. The molecule has 0 aliphatic carbocycles. The Balaban J connectivity index is 0.00000392. The van der Waals surface area contributed by atoms with Crippen molar-refractivity contribution in [1.82, 2.24) is 5.48 Å². The van der Waals surface area contributed by atoms with Gasteiger partial charge in [0.25, 0.3) is 0 Å². The number of benzene rings is 2. The monoisotopic (exact) mass is 404 g/mol. The SMILES string of the molecule is CC(N)C(=O)CONC(=O)Cc1ccc(CCCCc2ccccc2)cc1.Cl. The van der Waals surface area contributed by atoms with Crippen molar-refractivity contribution in [3.63, 3.8) is 0 Å². The summed E-state index contributed by atoms with van der Waals surface area (Å²) in [7, 11) is 0. The molecule has 0 saturated heterocycles. The van der Waals surface area contributed by atoms with E-state index in [1.807, 2.05) is 18.2 Å². The Labute approximate surface area is 173 Å². The second kappa shape index (κ2) is 13.0. The molecule has 0 aliphatic rings. The first-order valence-corrected chi connectivity index (χ1v) is 9.35. The molecule has 0 saturated carbocycles.